The maximum absolute atomic E-state index is 3.60. The third-order valence-corrected chi connectivity index (χ3v) is 3.15. The summed E-state index contributed by atoms with van der Waals surface area (Å²) in [4.78, 5) is 2.61. The van der Waals surface area contributed by atoms with Crippen LogP contribution in [0.15, 0.2) is 0 Å². The first-order valence-electron chi connectivity index (χ1n) is 4.81. The molecular formula is C9H18N2. The Balaban J connectivity index is 2.00. The van der Waals surface area contributed by atoms with Gasteiger partial charge >= 0.3 is 0 Å². The number of nitrogens with one attached hydrogen (secondary N) is 1. The first-order valence-corrected chi connectivity index (χ1v) is 4.81. The zero-order valence-electron chi connectivity index (χ0n) is 7.40. The fourth-order valence-corrected chi connectivity index (χ4v) is 2.36. The van der Waals surface area contributed by atoms with E-state index in [1.165, 1.54) is 45.3 Å². The highest BCUT2D eigenvalue weighted by Crippen LogP contribution is 2.26. The fraction of sp³-hybridized carbons (Fsp3) is 1.00. The summed E-state index contributed by atoms with van der Waals surface area (Å²) in [6.07, 6.45) is 5.49. The molecule has 1 atom stereocenters. The van der Waals surface area contributed by atoms with Gasteiger partial charge in [-0.1, -0.05) is 0 Å². The third-order valence-electron chi connectivity index (χ3n) is 3.15. The first-order chi connectivity index (χ1) is 5.31. The molecule has 0 bridgehead atoms. The van der Waals surface area contributed by atoms with Crippen LogP contribution in [0, 0.1) is 0 Å². The van der Waals surface area contributed by atoms with Crippen LogP contribution in [0.4, 0.5) is 0 Å². The van der Waals surface area contributed by atoms with Crippen molar-refractivity contribution in [2.24, 2.45) is 0 Å². The van der Waals surface area contributed by atoms with Crippen molar-refractivity contribution in [1.82, 2.24) is 10.2 Å². The van der Waals surface area contributed by atoms with E-state index >= 15 is 0 Å². The van der Waals surface area contributed by atoms with Crippen LogP contribution in [0.25, 0.3) is 0 Å². The minimum Gasteiger partial charge on any atom is -0.299 e. The second kappa shape index (κ2) is 2.76. The Hall–Kier alpha value is -0.0800. The molecule has 0 aromatic rings. The van der Waals surface area contributed by atoms with Crippen LogP contribution in [0.3, 0.4) is 0 Å². The van der Waals surface area contributed by atoms with E-state index in [4.69, 9.17) is 0 Å². The van der Waals surface area contributed by atoms with Gasteiger partial charge in [0, 0.05) is 0 Å². The molecule has 2 nitrogen and oxygen atoms in total. The van der Waals surface area contributed by atoms with Crippen LogP contribution in [-0.4, -0.2) is 30.2 Å². The molecule has 0 aromatic carbocycles. The smallest absolute Gasteiger partial charge is 0.0683 e. The molecule has 0 aromatic heterocycles. The molecule has 2 heterocycles. The van der Waals surface area contributed by atoms with E-state index in [1.807, 2.05) is 0 Å². The second-order valence-electron chi connectivity index (χ2n) is 4.00. The summed E-state index contributed by atoms with van der Waals surface area (Å²) in [6.45, 7) is 6.19. The first kappa shape index (κ1) is 7.56. The molecule has 11 heavy (non-hydrogen) atoms. The SMILES string of the molecule is CC1(N2CCCC2)CCCN1. The lowest BCUT2D eigenvalue weighted by atomic mass is 10.1. The number of rotatable bonds is 1. The van der Waals surface area contributed by atoms with E-state index in [-0.39, 0.29) is 0 Å². The molecule has 0 amide bonds. The molecule has 1 unspecified atom stereocenters. The Labute approximate surface area is 69.0 Å². The Morgan fingerprint density at radius 1 is 1.18 bits per heavy atom. The van der Waals surface area contributed by atoms with Gasteiger partial charge in [0.1, 0.15) is 0 Å². The minimum absolute atomic E-state index is 0.358. The van der Waals surface area contributed by atoms with Gasteiger partial charge in [0.15, 0.2) is 0 Å². The van der Waals surface area contributed by atoms with E-state index in [9.17, 15) is 0 Å². The lowest BCUT2D eigenvalue weighted by Crippen LogP contribution is -2.51. The maximum Gasteiger partial charge on any atom is 0.0683 e. The Morgan fingerprint density at radius 2 is 1.91 bits per heavy atom. The van der Waals surface area contributed by atoms with Gasteiger partial charge in [-0.25, -0.2) is 0 Å². The molecule has 1 N–H and O–H groups in total. The van der Waals surface area contributed by atoms with Gasteiger partial charge < -0.3 is 0 Å². The van der Waals surface area contributed by atoms with Gasteiger partial charge in [-0.15, -0.1) is 0 Å². The van der Waals surface area contributed by atoms with E-state index in [2.05, 4.69) is 17.1 Å². The molecule has 2 saturated heterocycles. The van der Waals surface area contributed by atoms with Crippen molar-refractivity contribution in [3.8, 4) is 0 Å². The Morgan fingerprint density at radius 3 is 2.45 bits per heavy atom. The average Bonchev–Trinajstić information content (AvgIpc) is 2.55. The number of hydrogen-bond acceptors (Lipinski definition) is 2. The number of hydrogen-bond donors (Lipinski definition) is 1. The van der Waals surface area contributed by atoms with Crippen molar-refractivity contribution in [1.29, 1.82) is 0 Å². The highest BCUT2D eigenvalue weighted by atomic mass is 15.3. The molecule has 2 fully saturated rings. The summed E-state index contributed by atoms with van der Waals surface area (Å²) in [6, 6.07) is 0. The van der Waals surface area contributed by atoms with Crippen molar-refractivity contribution >= 4 is 0 Å². The normalized spacial score (nSPS) is 40.1. The van der Waals surface area contributed by atoms with Crippen LogP contribution in [0.1, 0.15) is 32.6 Å². The van der Waals surface area contributed by atoms with Crippen molar-refractivity contribution in [2.75, 3.05) is 19.6 Å². The molecule has 2 heteroatoms. The molecule has 0 aliphatic carbocycles. The van der Waals surface area contributed by atoms with Crippen LogP contribution in [-0.2, 0) is 0 Å². The van der Waals surface area contributed by atoms with Gasteiger partial charge in [0.2, 0.25) is 0 Å². The summed E-state index contributed by atoms with van der Waals surface area (Å²) < 4.78 is 0. The maximum atomic E-state index is 3.60. The zero-order valence-corrected chi connectivity index (χ0v) is 7.40. The van der Waals surface area contributed by atoms with Crippen LogP contribution in [0.5, 0.6) is 0 Å². The lowest BCUT2D eigenvalue weighted by molar-refractivity contribution is 0.119. The zero-order chi connectivity index (χ0) is 7.73. The molecule has 2 aliphatic rings. The fourth-order valence-electron chi connectivity index (χ4n) is 2.36. The minimum atomic E-state index is 0.358. The third kappa shape index (κ3) is 1.30. The molecule has 2 aliphatic heterocycles. The molecule has 64 valence electrons. The van der Waals surface area contributed by atoms with Crippen LogP contribution >= 0.6 is 0 Å². The molecule has 2 rings (SSSR count). The highest BCUT2D eigenvalue weighted by Gasteiger charge is 2.35. The summed E-state index contributed by atoms with van der Waals surface area (Å²) in [5, 5.41) is 3.60. The van der Waals surface area contributed by atoms with E-state index < -0.39 is 0 Å². The van der Waals surface area contributed by atoms with Gasteiger partial charge in [-0.3, -0.25) is 10.2 Å². The van der Waals surface area contributed by atoms with E-state index in [0.29, 0.717) is 5.66 Å². The number of likely N-dealkylation sites (tertiary alicyclic amines) is 1. The summed E-state index contributed by atoms with van der Waals surface area (Å²) >= 11 is 0. The second-order valence-corrected chi connectivity index (χ2v) is 4.00. The van der Waals surface area contributed by atoms with E-state index in [1.54, 1.807) is 0 Å². The van der Waals surface area contributed by atoms with Gasteiger partial charge in [-0.2, -0.15) is 0 Å². The molecular weight excluding hydrogens is 136 g/mol. The van der Waals surface area contributed by atoms with Crippen LogP contribution in [0.2, 0.25) is 0 Å². The van der Waals surface area contributed by atoms with Gasteiger partial charge in [-0.05, 0) is 52.2 Å². The summed E-state index contributed by atoms with van der Waals surface area (Å²) in [5.74, 6) is 0. The lowest BCUT2D eigenvalue weighted by Gasteiger charge is -2.35. The molecule has 0 radical (unpaired) electrons. The Bertz CT molecular complexity index is 132. The van der Waals surface area contributed by atoms with Crippen molar-refractivity contribution in [3.63, 3.8) is 0 Å². The molecule has 0 spiro atoms. The molecule has 0 saturated carbocycles. The quantitative estimate of drug-likeness (QED) is 0.610. The topological polar surface area (TPSA) is 15.3 Å². The summed E-state index contributed by atoms with van der Waals surface area (Å²) in [5.41, 5.74) is 0.358. The summed E-state index contributed by atoms with van der Waals surface area (Å²) in [7, 11) is 0. The van der Waals surface area contributed by atoms with Gasteiger partial charge in [0.05, 0.1) is 5.66 Å². The average molecular weight is 154 g/mol. The Kier molecular flexibility index (Phi) is 1.90. The monoisotopic (exact) mass is 154 g/mol. The van der Waals surface area contributed by atoms with Crippen molar-refractivity contribution in [3.05, 3.63) is 0 Å². The van der Waals surface area contributed by atoms with Crippen molar-refractivity contribution in [2.45, 2.75) is 38.3 Å². The number of nitrogens with zero attached hydrogens (tertiary/aromatic N) is 1. The van der Waals surface area contributed by atoms with Gasteiger partial charge in [0.25, 0.3) is 0 Å². The predicted octanol–water partition coefficient (Wildman–Crippen LogP) is 1.18. The van der Waals surface area contributed by atoms with Crippen LogP contribution < -0.4 is 5.32 Å². The van der Waals surface area contributed by atoms with E-state index in [0.717, 1.165) is 0 Å². The largest absolute Gasteiger partial charge is 0.299 e. The highest BCUT2D eigenvalue weighted by molar-refractivity contribution is 4.90. The van der Waals surface area contributed by atoms with Crippen molar-refractivity contribution < 1.29 is 0 Å². The predicted molar refractivity (Wildman–Crippen MR) is 46.4 cm³/mol. The standard InChI is InChI=1S/C9H18N2/c1-9(5-4-6-10-9)11-7-2-3-8-11/h10H,2-8H2,1H3.